The molecule has 1 aliphatic heterocycles. The van der Waals surface area contributed by atoms with E-state index in [0.29, 0.717) is 0 Å². The highest BCUT2D eigenvalue weighted by Crippen LogP contribution is 2.21. The molecule has 0 spiro atoms. The van der Waals surface area contributed by atoms with Crippen LogP contribution in [-0.4, -0.2) is 52.9 Å². The molecule has 3 N–H and O–H groups in total. The van der Waals surface area contributed by atoms with Crippen LogP contribution >= 0.6 is 0 Å². The molecule has 74 valence electrons. The zero-order valence-electron chi connectivity index (χ0n) is 6.82. The Hall–Kier alpha value is -0.850. The second-order valence-corrected chi connectivity index (χ2v) is 2.79. The lowest BCUT2D eigenvalue weighted by molar-refractivity contribution is -0.0192. The van der Waals surface area contributed by atoms with Crippen molar-refractivity contribution in [3.63, 3.8) is 0 Å². The van der Waals surface area contributed by atoms with Crippen LogP contribution < -0.4 is 0 Å². The molecule has 7 nitrogen and oxygen atoms in total. The van der Waals surface area contributed by atoms with Crippen LogP contribution in [0, 0.1) is 0 Å². The fourth-order valence-electron chi connectivity index (χ4n) is 1.24. The Morgan fingerprint density at radius 2 is 1.92 bits per heavy atom. The van der Waals surface area contributed by atoms with E-state index in [9.17, 15) is 10.2 Å². The van der Waals surface area contributed by atoms with Crippen LogP contribution in [0.2, 0.25) is 0 Å². The van der Waals surface area contributed by atoms with E-state index >= 15 is 0 Å². The standard InChI is InChI=1S/C6H11N3O4/c7-9-8-1-3-5(11)6(12)4(2-10)13-3/h3-6,10-12H,1-2H2/t3-,4-,5+,6-/m1/s1. The average Bonchev–Trinajstić information content (AvgIpc) is 2.41. The summed E-state index contributed by atoms with van der Waals surface area (Å²) in [7, 11) is 0. The summed E-state index contributed by atoms with van der Waals surface area (Å²) in [4.78, 5) is 2.50. The largest absolute Gasteiger partial charge is 0.394 e. The number of ether oxygens (including phenoxy) is 1. The average molecular weight is 189 g/mol. The summed E-state index contributed by atoms with van der Waals surface area (Å²) in [5.74, 6) is 0. The fraction of sp³-hybridized carbons (Fsp3) is 1.00. The van der Waals surface area contributed by atoms with Gasteiger partial charge in [-0.1, -0.05) is 5.11 Å². The lowest BCUT2D eigenvalue weighted by Crippen LogP contribution is -2.34. The second kappa shape index (κ2) is 4.40. The Morgan fingerprint density at radius 1 is 1.31 bits per heavy atom. The van der Waals surface area contributed by atoms with Gasteiger partial charge in [0.1, 0.15) is 18.3 Å². The van der Waals surface area contributed by atoms with Crippen LogP contribution in [0.25, 0.3) is 10.4 Å². The molecule has 0 saturated carbocycles. The van der Waals surface area contributed by atoms with Gasteiger partial charge in [-0.15, -0.1) is 0 Å². The summed E-state index contributed by atoms with van der Waals surface area (Å²) in [6, 6.07) is 0. The molecule has 1 fully saturated rings. The maximum absolute atomic E-state index is 9.32. The molecule has 1 saturated heterocycles. The van der Waals surface area contributed by atoms with E-state index in [1.165, 1.54) is 0 Å². The van der Waals surface area contributed by atoms with E-state index in [1.807, 2.05) is 0 Å². The SMILES string of the molecule is [N-]=[N+]=NC[C@H]1O[C@H](CO)[C@@H](O)[C@H]1O. The maximum atomic E-state index is 9.32. The summed E-state index contributed by atoms with van der Waals surface area (Å²) in [6.07, 6.45) is -3.76. The Bertz CT molecular complexity index is 218. The van der Waals surface area contributed by atoms with Crippen molar-refractivity contribution in [2.75, 3.05) is 13.2 Å². The van der Waals surface area contributed by atoms with Crippen molar-refractivity contribution in [3.05, 3.63) is 10.4 Å². The molecule has 0 aliphatic carbocycles. The van der Waals surface area contributed by atoms with Gasteiger partial charge in [0.25, 0.3) is 0 Å². The minimum Gasteiger partial charge on any atom is -0.394 e. The van der Waals surface area contributed by atoms with Gasteiger partial charge in [0.15, 0.2) is 0 Å². The third-order valence-electron chi connectivity index (χ3n) is 1.97. The first-order valence-corrected chi connectivity index (χ1v) is 3.84. The van der Waals surface area contributed by atoms with Gasteiger partial charge >= 0.3 is 0 Å². The zero-order chi connectivity index (χ0) is 9.84. The van der Waals surface area contributed by atoms with Crippen molar-refractivity contribution in [1.82, 2.24) is 0 Å². The van der Waals surface area contributed by atoms with Gasteiger partial charge in [0.05, 0.1) is 19.3 Å². The molecule has 0 radical (unpaired) electrons. The molecule has 1 aliphatic rings. The molecular formula is C6H11N3O4. The third-order valence-corrected chi connectivity index (χ3v) is 1.97. The first kappa shape index (κ1) is 10.2. The van der Waals surface area contributed by atoms with Crippen molar-refractivity contribution in [2.24, 2.45) is 5.11 Å². The van der Waals surface area contributed by atoms with Crippen molar-refractivity contribution in [2.45, 2.75) is 24.4 Å². The fourth-order valence-corrected chi connectivity index (χ4v) is 1.24. The molecular weight excluding hydrogens is 178 g/mol. The third kappa shape index (κ3) is 2.09. The Kier molecular flexibility index (Phi) is 3.47. The monoisotopic (exact) mass is 189 g/mol. The number of aliphatic hydroxyl groups is 3. The minimum atomic E-state index is -1.12. The molecule has 7 heteroatoms. The first-order valence-electron chi connectivity index (χ1n) is 3.84. The Labute approximate surface area is 74.2 Å². The number of hydrogen-bond donors (Lipinski definition) is 3. The van der Waals surface area contributed by atoms with E-state index in [1.54, 1.807) is 0 Å². The molecule has 0 aromatic heterocycles. The van der Waals surface area contributed by atoms with Gasteiger partial charge < -0.3 is 20.1 Å². The summed E-state index contributed by atoms with van der Waals surface area (Å²) in [5.41, 5.74) is 8.01. The normalized spacial score (nSPS) is 38.7. The Balaban J connectivity index is 2.54. The molecule has 0 aromatic carbocycles. The number of azide groups is 1. The molecule has 4 atom stereocenters. The van der Waals surface area contributed by atoms with E-state index in [-0.39, 0.29) is 13.2 Å². The van der Waals surface area contributed by atoms with E-state index in [2.05, 4.69) is 10.0 Å². The molecule has 0 bridgehead atoms. The van der Waals surface area contributed by atoms with E-state index in [0.717, 1.165) is 0 Å². The van der Waals surface area contributed by atoms with Crippen LogP contribution in [0.15, 0.2) is 5.11 Å². The van der Waals surface area contributed by atoms with Crippen LogP contribution in [0.4, 0.5) is 0 Å². The highest BCUT2D eigenvalue weighted by molar-refractivity contribution is 4.91. The number of nitrogens with zero attached hydrogens (tertiary/aromatic N) is 3. The lowest BCUT2D eigenvalue weighted by atomic mass is 10.1. The van der Waals surface area contributed by atoms with Crippen molar-refractivity contribution < 1.29 is 20.1 Å². The second-order valence-electron chi connectivity index (χ2n) is 2.79. The van der Waals surface area contributed by atoms with E-state index < -0.39 is 24.4 Å². The van der Waals surface area contributed by atoms with Gasteiger partial charge in [0, 0.05) is 4.91 Å². The highest BCUT2D eigenvalue weighted by Gasteiger charge is 2.41. The summed E-state index contributed by atoms with van der Waals surface area (Å²) in [5, 5.41) is 30.5. The van der Waals surface area contributed by atoms with Crippen molar-refractivity contribution in [3.8, 4) is 0 Å². The van der Waals surface area contributed by atoms with Gasteiger partial charge in [-0.25, -0.2) is 0 Å². The lowest BCUT2D eigenvalue weighted by Gasteiger charge is -2.11. The summed E-state index contributed by atoms with van der Waals surface area (Å²) in [6.45, 7) is -0.420. The van der Waals surface area contributed by atoms with Gasteiger partial charge in [-0.05, 0) is 5.53 Å². The first-order chi connectivity index (χ1) is 6.20. The van der Waals surface area contributed by atoms with Gasteiger partial charge in [-0.2, -0.15) is 0 Å². The molecule has 1 rings (SSSR count). The highest BCUT2D eigenvalue weighted by atomic mass is 16.6. The van der Waals surface area contributed by atoms with Gasteiger partial charge in [-0.3, -0.25) is 0 Å². The number of aliphatic hydroxyl groups excluding tert-OH is 3. The number of rotatable bonds is 3. The number of hydrogen-bond acceptors (Lipinski definition) is 5. The predicted molar refractivity (Wildman–Crippen MR) is 41.8 cm³/mol. The van der Waals surface area contributed by atoms with Crippen molar-refractivity contribution in [1.29, 1.82) is 0 Å². The molecule has 1 heterocycles. The summed E-state index contributed by atoms with van der Waals surface area (Å²) >= 11 is 0. The van der Waals surface area contributed by atoms with Crippen LogP contribution in [-0.2, 0) is 4.74 Å². The summed E-state index contributed by atoms with van der Waals surface area (Å²) < 4.78 is 5.02. The van der Waals surface area contributed by atoms with Gasteiger partial charge in [0.2, 0.25) is 0 Å². The topological polar surface area (TPSA) is 119 Å². The van der Waals surface area contributed by atoms with Crippen LogP contribution in [0.5, 0.6) is 0 Å². The predicted octanol–water partition coefficient (Wildman–Crippen LogP) is -1.22. The quantitative estimate of drug-likeness (QED) is 0.293. The smallest absolute Gasteiger partial charge is 0.111 e. The maximum Gasteiger partial charge on any atom is 0.111 e. The minimum absolute atomic E-state index is 0.0504. The molecule has 13 heavy (non-hydrogen) atoms. The van der Waals surface area contributed by atoms with E-state index in [4.69, 9.17) is 15.4 Å². The Morgan fingerprint density at radius 3 is 2.38 bits per heavy atom. The molecule has 0 unspecified atom stereocenters. The molecule has 0 aromatic rings. The zero-order valence-corrected chi connectivity index (χ0v) is 6.82. The van der Waals surface area contributed by atoms with Crippen LogP contribution in [0.3, 0.4) is 0 Å². The van der Waals surface area contributed by atoms with Crippen LogP contribution in [0.1, 0.15) is 0 Å². The molecule has 0 amide bonds. The van der Waals surface area contributed by atoms with Crippen molar-refractivity contribution >= 4 is 0 Å².